The maximum atomic E-state index is 13.5. The number of aromatic nitrogens is 2. The fourth-order valence-electron chi connectivity index (χ4n) is 3.28. The molecule has 0 aliphatic carbocycles. The third-order valence-electron chi connectivity index (χ3n) is 5.14. The Hall–Kier alpha value is -4.20. The maximum Gasteiger partial charge on any atom is 0.433 e. The highest BCUT2D eigenvalue weighted by Crippen LogP contribution is 2.41. The Morgan fingerprint density at radius 1 is 0.923 bits per heavy atom. The van der Waals surface area contributed by atoms with Gasteiger partial charge in [0.1, 0.15) is 5.82 Å². The number of anilines is 3. The van der Waals surface area contributed by atoms with E-state index in [1.54, 1.807) is 12.1 Å². The first kappa shape index (κ1) is 29.4. The first-order chi connectivity index (χ1) is 18.6. The number of methoxy groups -OCH3 is 3. The number of nitrogens with one attached hydrogen (secondary N) is 3. The van der Waals surface area contributed by atoms with Crippen molar-refractivity contribution in [3.8, 4) is 17.2 Å². The Bertz CT molecular complexity index is 1300. The van der Waals surface area contributed by atoms with Crippen LogP contribution in [0.3, 0.4) is 0 Å². The molecule has 1 aromatic heterocycles. The molecule has 0 radical (unpaired) electrons. The van der Waals surface area contributed by atoms with Crippen LogP contribution in [0.2, 0.25) is 0 Å². The van der Waals surface area contributed by atoms with Crippen LogP contribution in [0.25, 0.3) is 0 Å². The topological polar surface area (TPSA) is 124 Å². The molecule has 3 N–H and O–H groups in total. The third-order valence-corrected chi connectivity index (χ3v) is 5.99. The van der Waals surface area contributed by atoms with Crippen molar-refractivity contribution >= 4 is 40.9 Å². The quantitative estimate of drug-likeness (QED) is 0.223. The van der Waals surface area contributed by atoms with Gasteiger partial charge < -0.3 is 24.8 Å². The van der Waals surface area contributed by atoms with Crippen molar-refractivity contribution in [3.05, 3.63) is 53.7 Å². The molecule has 3 rings (SSSR count). The van der Waals surface area contributed by atoms with Gasteiger partial charge >= 0.3 is 12.2 Å². The number of ether oxygens (including phenoxy) is 3. The molecule has 0 aliphatic heterocycles. The zero-order valence-corrected chi connectivity index (χ0v) is 22.2. The monoisotopic (exact) mass is 565 g/mol. The summed E-state index contributed by atoms with van der Waals surface area (Å²) < 4.78 is 56.4. The second kappa shape index (κ2) is 13.0. The normalized spacial score (nSPS) is 10.9. The van der Waals surface area contributed by atoms with Gasteiger partial charge in [-0.05, 0) is 24.1 Å². The Morgan fingerprint density at radius 2 is 1.56 bits per heavy atom. The number of alkyl halides is 3. The number of hydrogen-bond donors (Lipinski definition) is 3. The van der Waals surface area contributed by atoms with Gasteiger partial charge in [0.15, 0.2) is 22.3 Å². The summed E-state index contributed by atoms with van der Waals surface area (Å²) in [5, 5.41) is 7.07. The molecule has 0 fully saturated rings. The number of benzene rings is 2. The summed E-state index contributed by atoms with van der Waals surface area (Å²) in [5.41, 5.74) is 0.639. The second-order valence-corrected chi connectivity index (χ2v) is 8.74. The standard InChI is InChI=1S/C25H26F3N5O5S/c1-5-14-6-8-15(9-7-14)30-23(35)33-21(34)13-39-24-31-19(25(26,27)28)12-20(32-24)29-16-10-17(36-2)22(38-4)18(11-16)37-3/h6-12H,5,13H2,1-4H3,(H,29,31,32)(H2,30,33,34,35). The number of carbonyl (C=O) groups is 2. The molecule has 3 aromatic rings. The SMILES string of the molecule is CCc1ccc(NC(=O)NC(=O)CSc2nc(Nc3cc(OC)c(OC)c(OC)c3)cc(C(F)(F)F)n2)cc1. The molecule has 0 saturated carbocycles. The molecule has 0 aliphatic rings. The molecule has 14 heteroatoms. The van der Waals surface area contributed by atoms with Crippen LogP contribution in [0.4, 0.5) is 35.2 Å². The van der Waals surface area contributed by atoms with E-state index in [4.69, 9.17) is 14.2 Å². The molecular formula is C25H26F3N5O5S. The van der Waals surface area contributed by atoms with E-state index in [0.717, 1.165) is 18.1 Å². The molecule has 0 saturated heterocycles. The maximum absolute atomic E-state index is 13.5. The number of amides is 3. The summed E-state index contributed by atoms with van der Waals surface area (Å²) >= 11 is 0.634. The van der Waals surface area contributed by atoms with Gasteiger partial charge in [0.25, 0.3) is 0 Å². The van der Waals surface area contributed by atoms with Crippen LogP contribution in [0.5, 0.6) is 17.2 Å². The predicted molar refractivity (Wildman–Crippen MR) is 140 cm³/mol. The highest BCUT2D eigenvalue weighted by atomic mass is 32.2. The smallest absolute Gasteiger partial charge is 0.433 e. The van der Waals surface area contributed by atoms with Gasteiger partial charge in [-0.1, -0.05) is 30.8 Å². The zero-order chi connectivity index (χ0) is 28.6. The van der Waals surface area contributed by atoms with Gasteiger partial charge in [-0.2, -0.15) is 13.2 Å². The van der Waals surface area contributed by atoms with Crippen molar-refractivity contribution in [2.45, 2.75) is 24.7 Å². The van der Waals surface area contributed by atoms with Gasteiger partial charge in [0.05, 0.1) is 27.1 Å². The predicted octanol–water partition coefficient (Wildman–Crippen LogP) is 5.27. The largest absolute Gasteiger partial charge is 0.493 e. The van der Waals surface area contributed by atoms with Crippen LogP contribution in [0.1, 0.15) is 18.2 Å². The number of imide groups is 1. The highest BCUT2D eigenvalue weighted by Gasteiger charge is 2.34. The van der Waals surface area contributed by atoms with E-state index in [-0.39, 0.29) is 22.5 Å². The minimum Gasteiger partial charge on any atom is -0.493 e. The van der Waals surface area contributed by atoms with Gasteiger partial charge in [0, 0.05) is 29.6 Å². The van der Waals surface area contributed by atoms with Crippen molar-refractivity contribution in [2.24, 2.45) is 0 Å². The van der Waals surface area contributed by atoms with E-state index >= 15 is 0 Å². The summed E-state index contributed by atoms with van der Waals surface area (Å²) in [6.45, 7) is 1.99. The van der Waals surface area contributed by atoms with E-state index in [9.17, 15) is 22.8 Å². The molecule has 1 heterocycles. The minimum absolute atomic E-state index is 0.192. The van der Waals surface area contributed by atoms with Crippen LogP contribution in [-0.4, -0.2) is 49.0 Å². The van der Waals surface area contributed by atoms with Crippen LogP contribution in [0.15, 0.2) is 47.6 Å². The number of thioether (sulfide) groups is 1. The van der Waals surface area contributed by atoms with Gasteiger partial charge in [-0.15, -0.1) is 0 Å². The summed E-state index contributed by atoms with van der Waals surface area (Å²) in [6.07, 6.45) is -3.95. The Labute approximate surface area is 226 Å². The van der Waals surface area contributed by atoms with Crippen LogP contribution < -0.4 is 30.2 Å². The minimum atomic E-state index is -4.78. The fraction of sp³-hybridized carbons (Fsp3) is 0.280. The zero-order valence-electron chi connectivity index (χ0n) is 21.4. The molecule has 208 valence electrons. The lowest BCUT2D eigenvalue weighted by molar-refractivity contribution is -0.141. The number of urea groups is 1. The molecule has 2 aromatic carbocycles. The van der Waals surface area contributed by atoms with E-state index in [2.05, 4.69) is 25.9 Å². The Kier molecular flexibility index (Phi) is 9.82. The molecule has 10 nitrogen and oxygen atoms in total. The lowest BCUT2D eigenvalue weighted by Crippen LogP contribution is -2.35. The van der Waals surface area contributed by atoms with E-state index in [0.29, 0.717) is 28.9 Å². The lowest BCUT2D eigenvalue weighted by Gasteiger charge is -2.16. The molecule has 0 unspecified atom stereocenters. The number of nitrogens with zero attached hydrogens (tertiary/aromatic N) is 2. The first-order valence-electron chi connectivity index (χ1n) is 11.4. The molecule has 0 bridgehead atoms. The van der Waals surface area contributed by atoms with E-state index in [1.807, 2.05) is 19.1 Å². The Balaban J connectivity index is 1.72. The number of halogens is 3. The van der Waals surface area contributed by atoms with Gasteiger partial charge in [0.2, 0.25) is 11.7 Å². The number of hydrogen-bond acceptors (Lipinski definition) is 9. The van der Waals surface area contributed by atoms with Crippen LogP contribution >= 0.6 is 11.8 Å². The Morgan fingerprint density at radius 3 is 2.10 bits per heavy atom. The van der Waals surface area contributed by atoms with Gasteiger partial charge in [-0.25, -0.2) is 14.8 Å². The van der Waals surface area contributed by atoms with Crippen LogP contribution in [-0.2, 0) is 17.4 Å². The van der Waals surface area contributed by atoms with Gasteiger partial charge in [-0.3, -0.25) is 10.1 Å². The van der Waals surface area contributed by atoms with E-state index in [1.165, 1.54) is 33.5 Å². The summed E-state index contributed by atoms with van der Waals surface area (Å²) in [6, 6.07) is 9.98. The molecular weight excluding hydrogens is 539 g/mol. The summed E-state index contributed by atoms with van der Waals surface area (Å²) in [7, 11) is 4.21. The number of rotatable bonds is 10. The molecule has 0 atom stereocenters. The molecule has 0 spiro atoms. The average Bonchev–Trinajstić information content (AvgIpc) is 2.91. The lowest BCUT2D eigenvalue weighted by atomic mass is 10.1. The third kappa shape index (κ3) is 8.14. The van der Waals surface area contributed by atoms with Crippen molar-refractivity contribution < 1.29 is 37.0 Å². The van der Waals surface area contributed by atoms with Crippen molar-refractivity contribution in [1.82, 2.24) is 15.3 Å². The fourth-order valence-corrected chi connectivity index (χ4v) is 3.94. The van der Waals surface area contributed by atoms with E-state index < -0.39 is 29.6 Å². The van der Waals surface area contributed by atoms with Crippen molar-refractivity contribution in [3.63, 3.8) is 0 Å². The second-order valence-electron chi connectivity index (χ2n) is 7.80. The summed E-state index contributed by atoms with van der Waals surface area (Å²) in [4.78, 5) is 32.0. The summed E-state index contributed by atoms with van der Waals surface area (Å²) in [5.74, 6) is -0.502. The van der Waals surface area contributed by atoms with Crippen molar-refractivity contribution in [2.75, 3.05) is 37.7 Å². The first-order valence-corrected chi connectivity index (χ1v) is 12.4. The highest BCUT2D eigenvalue weighted by molar-refractivity contribution is 7.99. The van der Waals surface area contributed by atoms with Crippen LogP contribution in [0, 0.1) is 0 Å². The molecule has 39 heavy (non-hydrogen) atoms. The number of aryl methyl sites for hydroxylation is 1. The van der Waals surface area contributed by atoms with Crippen molar-refractivity contribution in [1.29, 1.82) is 0 Å². The average molecular weight is 566 g/mol. The number of carbonyl (C=O) groups excluding carboxylic acids is 2. The molecule has 3 amide bonds.